The van der Waals surface area contributed by atoms with Gasteiger partial charge in [0, 0.05) is 25.3 Å². The molecule has 0 atom stereocenters. The molecule has 1 amide bonds. The molecule has 1 saturated heterocycles. The Morgan fingerprint density at radius 2 is 2.00 bits per heavy atom. The topological polar surface area (TPSA) is 59.4 Å². The van der Waals surface area contributed by atoms with Crippen molar-refractivity contribution in [3.63, 3.8) is 0 Å². The maximum Gasteiger partial charge on any atom is 0.269 e. The molecule has 0 saturated carbocycles. The number of hydrogen-bond acceptors (Lipinski definition) is 5. The summed E-state index contributed by atoms with van der Waals surface area (Å²) in [5.74, 6) is -0.477. The van der Waals surface area contributed by atoms with Crippen LogP contribution < -0.4 is 5.32 Å². The third-order valence-electron chi connectivity index (χ3n) is 4.52. The number of hydrogen-bond donors (Lipinski definition) is 1. The van der Waals surface area contributed by atoms with Gasteiger partial charge in [-0.1, -0.05) is 11.8 Å². The summed E-state index contributed by atoms with van der Waals surface area (Å²) < 4.78 is 20.3. The summed E-state index contributed by atoms with van der Waals surface area (Å²) in [7, 11) is 0. The fourth-order valence-electron chi connectivity index (χ4n) is 3.06. The molecule has 27 heavy (non-hydrogen) atoms. The van der Waals surface area contributed by atoms with Crippen LogP contribution in [0.15, 0.2) is 35.6 Å². The van der Waals surface area contributed by atoms with Crippen LogP contribution in [0, 0.1) is 5.82 Å². The van der Waals surface area contributed by atoms with E-state index in [1.807, 2.05) is 6.26 Å². The van der Waals surface area contributed by atoms with Crippen molar-refractivity contribution in [2.75, 3.05) is 45.6 Å². The van der Waals surface area contributed by atoms with Crippen molar-refractivity contribution in [1.29, 1.82) is 0 Å². The van der Waals surface area contributed by atoms with Gasteiger partial charge in [-0.2, -0.15) is 0 Å². The maximum absolute atomic E-state index is 13.2. The number of ether oxygens (including phenoxy) is 1. The van der Waals surface area contributed by atoms with Gasteiger partial charge in [0.25, 0.3) is 5.91 Å². The average Bonchev–Trinajstić information content (AvgIpc) is 3.13. The molecule has 0 spiro atoms. The number of morpholine rings is 1. The molecule has 1 aliphatic rings. The van der Waals surface area contributed by atoms with Crippen molar-refractivity contribution < 1.29 is 13.9 Å². The van der Waals surface area contributed by atoms with Crippen LogP contribution in [0.3, 0.4) is 0 Å². The zero-order valence-corrected chi connectivity index (χ0v) is 16.3. The molecule has 1 aromatic heterocycles. The molecule has 1 N–H and O–H groups in total. The molecule has 1 fully saturated rings. The molecule has 0 aliphatic carbocycles. The second kappa shape index (κ2) is 9.87. The summed E-state index contributed by atoms with van der Waals surface area (Å²) in [6, 6.07) is 6.06. The van der Waals surface area contributed by atoms with Crippen LogP contribution in [0.2, 0.25) is 0 Å². The number of aromatic nitrogens is 2. The van der Waals surface area contributed by atoms with E-state index in [-0.39, 0.29) is 11.7 Å². The van der Waals surface area contributed by atoms with E-state index < -0.39 is 0 Å². The Labute approximate surface area is 163 Å². The number of carbonyl (C=O) groups excluding carboxylic acids is 1. The Balaban J connectivity index is 1.55. The van der Waals surface area contributed by atoms with E-state index in [1.165, 1.54) is 23.9 Å². The molecule has 0 unspecified atom stereocenters. The molecule has 8 heteroatoms. The highest BCUT2D eigenvalue weighted by molar-refractivity contribution is 7.98. The van der Waals surface area contributed by atoms with Gasteiger partial charge >= 0.3 is 0 Å². The van der Waals surface area contributed by atoms with Crippen molar-refractivity contribution in [2.24, 2.45) is 0 Å². The molecule has 3 rings (SSSR count). The number of benzene rings is 1. The van der Waals surface area contributed by atoms with Crippen LogP contribution >= 0.6 is 11.8 Å². The highest BCUT2D eigenvalue weighted by Gasteiger charge is 2.17. The zero-order chi connectivity index (χ0) is 19.1. The Morgan fingerprint density at radius 1 is 1.26 bits per heavy atom. The van der Waals surface area contributed by atoms with Crippen molar-refractivity contribution in [1.82, 2.24) is 19.8 Å². The highest BCUT2D eigenvalue weighted by Crippen LogP contribution is 2.22. The third-order valence-corrected chi connectivity index (χ3v) is 5.17. The molecule has 0 radical (unpaired) electrons. The number of imidazole rings is 1. The predicted molar refractivity (Wildman–Crippen MR) is 104 cm³/mol. The number of halogens is 1. The molecular weight excluding hydrogens is 367 g/mol. The van der Waals surface area contributed by atoms with Crippen molar-refractivity contribution in [3.05, 3.63) is 42.0 Å². The second-order valence-electron chi connectivity index (χ2n) is 6.36. The first-order valence-electron chi connectivity index (χ1n) is 9.15. The van der Waals surface area contributed by atoms with Gasteiger partial charge in [0.15, 0.2) is 5.16 Å². The van der Waals surface area contributed by atoms with Crippen LogP contribution in [0.25, 0.3) is 5.69 Å². The monoisotopic (exact) mass is 392 g/mol. The van der Waals surface area contributed by atoms with Gasteiger partial charge in [0.05, 0.1) is 19.4 Å². The quantitative estimate of drug-likeness (QED) is 0.553. The standard InChI is InChI=1S/C19H25FN4O2S/c1-27-19-22-14-17(24(19)16-6-4-15(20)5-7-16)18(25)21-8-2-3-9-23-10-12-26-13-11-23/h4-7,14H,2-3,8-13H2,1H3,(H,21,25). The number of unbranched alkanes of at least 4 members (excludes halogenated alkanes) is 1. The van der Waals surface area contributed by atoms with Gasteiger partial charge in [0.1, 0.15) is 11.5 Å². The van der Waals surface area contributed by atoms with E-state index in [9.17, 15) is 9.18 Å². The highest BCUT2D eigenvalue weighted by atomic mass is 32.2. The molecular formula is C19H25FN4O2S. The lowest BCUT2D eigenvalue weighted by Gasteiger charge is -2.26. The minimum atomic E-state index is -0.309. The molecule has 2 aromatic rings. The van der Waals surface area contributed by atoms with Crippen LogP contribution in [-0.2, 0) is 4.74 Å². The lowest BCUT2D eigenvalue weighted by atomic mass is 10.2. The smallest absolute Gasteiger partial charge is 0.269 e. The summed E-state index contributed by atoms with van der Waals surface area (Å²) >= 11 is 1.44. The van der Waals surface area contributed by atoms with E-state index in [1.54, 1.807) is 22.9 Å². The lowest BCUT2D eigenvalue weighted by Crippen LogP contribution is -2.37. The lowest BCUT2D eigenvalue weighted by molar-refractivity contribution is 0.0372. The third kappa shape index (κ3) is 5.31. The maximum atomic E-state index is 13.2. The van der Waals surface area contributed by atoms with Crippen LogP contribution in [0.5, 0.6) is 0 Å². The van der Waals surface area contributed by atoms with E-state index in [2.05, 4.69) is 15.2 Å². The number of nitrogens with zero attached hydrogens (tertiary/aromatic N) is 3. The minimum Gasteiger partial charge on any atom is -0.379 e. The van der Waals surface area contributed by atoms with E-state index >= 15 is 0 Å². The Bertz CT molecular complexity index is 745. The van der Waals surface area contributed by atoms with E-state index in [0.29, 0.717) is 17.4 Å². The summed E-state index contributed by atoms with van der Waals surface area (Å²) in [5, 5.41) is 3.66. The fourth-order valence-corrected chi connectivity index (χ4v) is 3.60. The van der Waals surface area contributed by atoms with Gasteiger partial charge < -0.3 is 10.1 Å². The Hall–Kier alpha value is -1.90. The number of thioether (sulfide) groups is 1. The number of nitrogens with one attached hydrogen (secondary N) is 1. The first-order valence-corrected chi connectivity index (χ1v) is 10.4. The fraction of sp³-hybridized carbons (Fsp3) is 0.474. The molecule has 6 nitrogen and oxygen atoms in total. The minimum absolute atomic E-state index is 0.168. The first-order chi connectivity index (χ1) is 13.2. The van der Waals surface area contributed by atoms with Gasteiger partial charge in [0.2, 0.25) is 0 Å². The van der Waals surface area contributed by atoms with E-state index in [4.69, 9.17) is 4.74 Å². The first kappa shape index (κ1) is 19.9. The van der Waals surface area contributed by atoms with Gasteiger partial charge in [-0.15, -0.1) is 0 Å². The molecule has 1 aromatic carbocycles. The Kier molecular flexibility index (Phi) is 7.25. The average molecular weight is 393 g/mol. The molecule has 2 heterocycles. The number of rotatable bonds is 8. The van der Waals surface area contributed by atoms with E-state index in [0.717, 1.165) is 51.4 Å². The summed E-state index contributed by atoms with van der Waals surface area (Å²) in [4.78, 5) is 19.3. The van der Waals surface area contributed by atoms with Crippen molar-refractivity contribution in [3.8, 4) is 5.69 Å². The summed E-state index contributed by atoms with van der Waals surface area (Å²) in [6.45, 7) is 5.24. The molecule has 1 aliphatic heterocycles. The largest absolute Gasteiger partial charge is 0.379 e. The van der Waals surface area contributed by atoms with Gasteiger partial charge in [-0.3, -0.25) is 14.3 Å². The van der Waals surface area contributed by atoms with Crippen molar-refractivity contribution in [2.45, 2.75) is 18.0 Å². The second-order valence-corrected chi connectivity index (χ2v) is 7.13. The van der Waals surface area contributed by atoms with Gasteiger partial charge in [-0.05, 0) is 49.9 Å². The summed E-state index contributed by atoms with van der Waals surface area (Å²) in [6.07, 6.45) is 5.42. The van der Waals surface area contributed by atoms with Crippen LogP contribution in [0.4, 0.5) is 4.39 Å². The van der Waals surface area contributed by atoms with Crippen molar-refractivity contribution >= 4 is 17.7 Å². The van der Waals surface area contributed by atoms with Gasteiger partial charge in [-0.25, -0.2) is 9.37 Å². The molecule has 0 bridgehead atoms. The predicted octanol–water partition coefficient (Wildman–Crippen LogP) is 2.58. The molecule has 146 valence electrons. The zero-order valence-electron chi connectivity index (χ0n) is 15.5. The van der Waals surface area contributed by atoms with Crippen LogP contribution in [0.1, 0.15) is 23.3 Å². The Morgan fingerprint density at radius 3 is 2.70 bits per heavy atom. The van der Waals surface area contributed by atoms with Crippen LogP contribution in [-0.4, -0.2) is 66.0 Å². The number of carbonyl (C=O) groups is 1. The number of amides is 1. The SMILES string of the molecule is CSc1ncc(C(=O)NCCCCN2CCOCC2)n1-c1ccc(F)cc1. The normalized spacial score (nSPS) is 15.0. The summed E-state index contributed by atoms with van der Waals surface area (Å²) in [5.41, 5.74) is 1.18.